The van der Waals surface area contributed by atoms with Gasteiger partial charge in [-0.05, 0) is 12.8 Å². The molecule has 0 fully saturated rings. The molecule has 0 saturated carbocycles. The average Bonchev–Trinajstić information content (AvgIpc) is 3.12. The minimum absolute atomic E-state index is 0.166. The summed E-state index contributed by atoms with van der Waals surface area (Å²) in [6.45, 7) is 4.50. The van der Waals surface area contributed by atoms with E-state index < -0.39 is 18.6 Å². The van der Waals surface area contributed by atoms with Gasteiger partial charge >= 0.3 is 5.97 Å². The summed E-state index contributed by atoms with van der Waals surface area (Å²) in [5.74, 6) is -0.681. The van der Waals surface area contributed by atoms with Crippen LogP contribution in [-0.4, -0.2) is 36.2 Å². The second kappa shape index (κ2) is 42.3. The van der Waals surface area contributed by atoms with Crippen LogP contribution in [0.3, 0.4) is 0 Å². The molecule has 0 saturated heterocycles. The minimum atomic E-state index is -0.945. The Morgan fingerprint density at radius 3 is 0.960 bits per heavy atom. The van der Waals surface area contributed by atoms with Gasteiger partial charge in [-0.15, -0.1) is 0 Å². The van der Waals surface area contributed by atoms with Gasteiger partial charge in [0, 0.05) is 6.42 Å². The first-order valence-corrected chi connectivity index (χ1v) is 22.7. The highest BCUT2D eigenvalue weighted by molar-refractivity contribution is 5.84. The number of hydrogen-bond donors (Lipinski definition) is 2. The topological polar surface area (TPSA) is 75.6 Å². The predicted octanol–water partition coefficient (Wildman–Crippen LogP) is 13.9. The summed E-state index contributed by atoms with van der Waals surface area (Å²) in [6.07, 6.45) is 49.6. The number of esters is 1. The van der Waals surface area contributed by atoms with E-state index in [1.165, 1.54) is 205 Å². The zero-order valence-electron chi connectivity index (χ0n) is 34.0. The molecule has 0 spiro atoms. The van der Waals surface area contributed by atoms with Gasteiger partial charge in [0.2, 0.25) is 5.91 Å². The van der Waals surface area contributed by atoms with E-state index >= 15 is 0 Å². The summed E-state index contributed by atoms with van der Waals surface area (Å²) in [4.78, 5) is 24.6. The summed E-state index contributed by atoms with van der Waals surface area (Å²) >= 11 is 0. The number of carbonyl (C=O) groups is 2. The Bertz CT molecular complexity index is 684. The van der Waals surface area contributed by atoms with E-state index in [1.807, 2.05) is 0 Å². The van der Waals surface area contributed by atoms with Gasteiger partial charge in [0.1, 0.15) is 0 Å². The highest BCUT2D eigenvalue weighted by Crippen LogP contribution is 2.16. The number of aliphatic hydroxyl groups is 1. The lowest BCUT2D eigenvalue weighted by molar-refractivity contribution is -0.149. The molecule has 0 heterocycles. The molecule has 0 bridgehead atoms. The first-order chi connectivity index (χ1) is 24.7. The van der Waals surface area contributed by atoms with E-state index in [0.717, 1.165) is 32.1 Å². The number of nitrogens with one attached hydrogen (secondary N) is 1. The van der Waals surface area contributed by atoms with Crippen LogP contribution in [0.25, 0.3) is 0 Å². The molecule has 1 atom stereocenters. The van der Waals surface area contributed by atoms with E-state index in [4.69, 9.17) is 4.74 Å². The van der Waals surface area contributed by atoms with Crippen LogP contribution in [0.15, 0.2) is 0 Å². The lowest BCUT2D eigenvalue weighted by atomic mass is 10.0. The van der Waals surface area contributed by atoms with E-state index in [0.29, 0.717) is 13.0 Å². The summed E-state index contributed by atoms with van der Waals surface area (Å²) < 4.78 is 5.33. The van der Waals surface area contributed by atoms with E-state index in [1.54, 1.807) is 0 Å². The molecule has 0 rings (SSSR count). The minimum Gasteiger partial charge on any atom is -0.464 e. The van der Waals surface area contributed by atoms with Crippen molar-refractivity contribution < 1.29 is 19.4 Å². The van der Waals surface area contributed by atoms with Crippen LogP contribution in [0, 0.1) is 0 Å². The fourth-order valence-corrected chi connectivity index (χ4v) is 7.09. The van der Waals surface area contributed by atoms with Crippen molar-refractivity contribution in [3.8, 4) is 0 Å². The molecule has 0 aliphatic rings. The first-order valence-electron chi connectivity index (χ1n) is 22.7. The number of unbranched alkanes of at least 4 members (excludes halogenated alkanes) is 35. The van der Waals surface area contributed by atoms with Gasteiger partial charge in [-0.25, -0.2) is 4.79 Å². The molecule has 0 unspecified atom stereocenters. The van der Waals surface area contributed by atoms with Crippen LogP contribution in [0.1, 0.15) is 258 Å². The zero-order valence-corrected chi connectivity index (χ0v) is 34.0. The maximum Gasteiger partial charge on any atom is 0.331 e. The molecule has 0 aliphatic carbocycles. The smallest absolute Gasteiger partial charge is 0.331 e. The number of carbonyl (C=O) groups excluding carboxylic acids is 2. The third kappa shape index (κ3) is 38.1. The van der Waals surface area contributed by atoms with Crippen molar-refractivity contribution in [2.24, 2.45) is 0 Å². The lowest BCUT2D eigenvalue weighted by Crippen LogP contribution is -2.44. The highest BCUT2D eigenvalue weighted by atomic mass is 16.5. The molecule has 5 heteroatoms. The predicted molar refractivity (Wildman–Crippen MR) is 217 cm³/mol. The van der Waals surface area contributed by atoms with Crippen molar-refractivity contribution in [1.29, 1.82) is 0 Å². The van der Waals surface area contributed by atoms with Crippen LogP contribution in [0.2, 0.25) is 0 Å². The summed E-state index contributed by atoms with van der Waals surface area (Å²) in [6, 6.07) is -0.945. The monoisotopic (exact) mass is 708 g/mol. The number of rotatable bonds is 42. The van der Waals surface area contributed by atoms with Gasteiger partial charge in [0.05, 0.1) is 13.2 Å². The van der Waals surface area contributed by atoms with Crippen molar-refractivity contribution in [2.45, 2.75) is 264 Å². The average molecular weight is 708 g/mol. The fraction of sp³-hybridized carbons (Fsp3) is 0.956. The molecule has 50 heavy (non-hydrogen) atoms. The van der Waals surface area contributed by atoms with Gasteiger partial charge in [0.15, 0.2) is 6.04 Å². The SMILES string of the molecule is CCCCCCCCCCCCCCCCCCCCCCCCCCCC(=O)N[C@@H](CO)C(=O)OCCCCCCCCCCCCCC. The van der Waals surface area contributed by atoms with Gasteiger partial charge in [-0.1, -0.05) is 239 Å². The quantitative estimate of drug-likeness (QED) is 0.0489. The van der Waals surface area contributed by atoms with Crippen molar-refractivity contribution in [2.75, 3.05) is 13.2 Å². The summed E-state index contributed by atoms with van der Waals surface area (Å²) in [5.41, 5.74) is 0. The van der Waals surface area contributed by atoms with Gasteiger partial charge < -0.3 is 15.2 Å². The molecule has 0 aromatic rings. The van der Waals surface area contributed by atoms with Crippen LogP contribution in [0.5, 0.6) is 0 Å². The fourth-order valence-electron chi connectivity index (χ4n) is 7.09. The Morgan fingerprint density at radius 1 is 0.420 bits per heavy atom. The lowest BCUT2D eigenvalue weighted by Gasteiger charge is -2.15. The Hall–Kier alpha value is -1.10. The maximum atomic E-state index is 12.3. The van der Waals surface area contributed by atoms with E-state index in [2.05, 4.69) is 19.2 Å². The zero-order chi connectivity index (χ0) is 36.4. The van der Waals surface area contributed by atoms with Gasteiger partial charge in [0.25, 0.3) is 0 Å². The van der Waals surface area contributed by atoms with Crippen molar-refractivity contribution in [3.63, 3.8) is 0 Å². The number of ether oxygens (including phenoxy) is 1. The van der Waals surface area contributed by atoms with E-state index in [-0.39, 0.29) is 5.91 Å². The van der Waals surface area contributed by atoms with Crippen LogP contribution in [0.4, 0.5) is 0 Å². The van der Waals surface area contributed by atoms with Crippen molar-refractivity contribution >= 4 is 11.9 Å². The Kier molecular flexibility index (Phi) is 41.4. The molecule has 1 amide bonds. The second-order valence-electron chi connectivity index (χ2n) is 15.6. The molecule has 2 N–H and O–H groups in total. The number of aliphatic hydroxyl groups excluding tert-OH is 1. The summed E-state index contributed by atoms with van der Waals surface area (Å²) in [7, 11) is 0. The summed E-state index contributed by atoms with van der Waals surface area (Å²) in [5, 5.41) is 12.3. The van der Waals surface area contributed by atoms with Gasteiger partial charge in [-0.3, -0.25) is 4.79 Å². The Balaban J connectivity index is 3.41. The van der Waals surface area contributed by atoms with Crippen molar-refractivity contribution in [3.05, 3.63) is 0 Å². The third-order valence-corrected chi connectivity index (χ3v) is 10.6. The largest absolute Gasteiger partial charge is 0.464 e. The molecule has 0 aliphatic heterocycles. The molecule has 298 valence electrons. The normalized spacial score (nSPS) is 12.0. The van der Waals surface area contributed by atoms with Crippen molar-refractivity contribution in [1.82, 2.24) is 5.32 Å². The third-order valence-electron chi connectivity index (χ3n) is 10.6. The Morgan fingerprint density at radius 2 is 0.680 bits per heavy atom. The molecule has 0 aromatic heterocycles. The van der Waals surface area contributed by atoms with Gasteiger partial charge in [-0.2, -0.15) is 0 Å². The molecule has 5 nitrogen and oxygen atoms in total. The van der Waals surface area contributed by atoms with Crippen LogP contribution >= 0.6 is 0 Å². The molecule has 0 aromatic carbocycles. The second-order valence-corrected chi connectivity index (χ2v) is 15.6. The Labute approximate surface area is 313 Å². The molecular formula is C45H89NO4. The van der Waals surface area contributed by atoms with E-state index in [9.17, 15) is 14.7 Å². The highest BCUT2D eigenvalue weighted by Gasteiger charge is 2.21. The number of hydrogen-bond acceptors (Lipinski definition) is 4. The standard InChI is InChI=1S/C45H89NO4/c1-3-5-7-9-11-13-15-17-18-19-20-21-22-23-24-25-26-27-28-29-30-32-34-36-38-40-44(48)46-43(42-47)45(49)50-41-39-37-35-33-31-16-14-12-10-8-6-4-2/h43,47H,3-42H2,1-2H3,(H,46,48)/t43-/m0/s1. The van der Waals surface area contributed by atoms with Crippen LogP contribution in [-0.2, 0) is 14.3 Å². The maximum absolute atomic E-state index is 12.3. The molecular weight excluding hydrogens is 618 g/mol. The van der Waals surface area contributed by atoms with Crippen LogP contribution < -0.4 is 5.32 Å². The molecule has 0 radical (unpaired) electrons. The first kappa shape index (κ1) is 48.9. The number of amides is 1.